The summed E-state index contributed by atoms with van der Waals surface area (Å²) in [6, 6.07) is 9.95. The first-order chi connectivity index (χ1) is 7.44. The molecular formula is C10H6BrFO3S. The van der Waals surface area contributed by atoms with Gasteiger partial charge >= 0.3 is 10.5 Å². The maximum Gasteiger partial charge on any atom is 0.488 e. The van der Waals surface area contributed by atoms with E-state index in [0.717, 1.165) is 15.2 Å². The van der Waals surface area contributed by atoms with Crippen molar-refractivity contribution in [3.05, 3.63) is 40.9 Å². The quantitative estimate of drug-likeness (QED) is 0.800. The molecule has 3 nitrogen and oxygen atoms in total. The third-order valence-corrected chi connectivity index (χ3v) is 2.85. The molecule has 2 aromatic carbocycles. The lowest BCUT2D eigenvalue weighted by Gasteiger charge is -2.02. The summed E-state index contributed by atoms with van der Waals surface area (Å²) >= 11 is 3.31. The third kappa shape index (κ3) is 2.70. The largest absolute Gasteiger partial charge is 0.488 e. The van der Waals surface area contributed by atoms with Crippen LogP contribution in [0, 0.1) is 0 Å². The van der Waals surface area contributed by atoms with Crippen molar-refractivity contribution < 1.29 is 16.5 Å². The number of rotatable bonds is 2. The number of halogens is 2. The van der Waals surface area contributed by atoms with Crippen molar-refractivity contribution >= 4 is 37.2 Å². The first-order valence-electron chi connectivity index (χ1n) is 4.27. The normalized spacial score (nSPS) is 11.6. The van der Waals surface area contributed by atoms with Gasteiger partial charge in [-0.2, -0.15) is 8.42 Å². The number of benzene rings is 2. The molecule has 84 valence electrons. The number of hydrogen-bond acceptors (Lipinski definition) is 3. The molecule has 0 aromatic heterocycles. The highest BCUT2D eigenvalue weighted by Gasteiger charge is 2.09. The molecule has 2 aromatic rings. The summed E-state index contributed by atoms with van der Waals surface area (Å²) in [6.07, 6.45) is 0. The first-order valence-corrected chi connectivity index (χ1v) is 6.38. The van der Waals surface area contributed by atoms with Crippen LogP contribution in [0.5, 0.6) is 5.75 Å². The van der Waals surface area contributed by atoms with Crippen molar-refractivity contribution in [2.24, 2.45) is 0 Å². The lowest BCUT2D eigenvalue weighted by molar-refractivity contribution is 0.440. The molecule has 0 radical (unpaired) electrons. The van der Waals surface area contributed by atoms with Gasteiger partial charge in [0.2, 0.25) is 0 Å². The summed E-state index contributed by atoms with van der Waals surface area (Å²) < 4.78 is 37.9. The summed E-state index contributed by atoms with van der Waals surface area (Å²) in [7, 11) is -4.96. The molecule has 0 saturated heterocycles. The molecule has 0 N–H and O–H groups in total. The molecule has 16 heavy (non-hydrogen) atoms. The molecule has 0 unspecified atom stereocenters. The van der Waals surface area contributed by atoms with E-state index in [9.17, 15) is 12.3 Å². The van der Waals surface area contributed by atoms with Gasteiger partial charge in [-0.25, -0.2) is 0 Å². The summed E-state index contributed by atoms with van der Waals surface area (Å²) in [6.45, 7) is 0. The maximum absolute atomic E-state index is 12.3. The third-order valence-electron chi connectivity index (χ3n) is 1.97. The molecule has 0 aliphatic rings. The predicted octanol–water partition coefficient (Wildman–Crippen LogP) is 3.20. The Bertz CT molecular complexity index is 640. The molecule has 0 aliphatic carbocycles. The minimum atomic E-state index is -4.96. The van der Waals surface area contributed by atoms with Gasteiger partial charge in [-0.15, -0.1) is 0 Å². The molecular weight excluding hydrogens is 299 g/mol. The van der Waals surface area contributed by atoms with Gasteiger partial charge in [-0.05, 0) is 35.0 Å². The van der Waals surface area contributed by atoms with E-state index in [4.69, 9.17) is 0 Å². The van der Waals surface area contributed by atoms with Crippen LogP contribution in [-0.4, -0.2) is 8.42 Å². The van der Waals surface area contributed by atoms with E-state index in [1.807, 2.05) is 6.07 Å². The van der Waals surface area contributed by atoms with Crippen LogP contribution < -0.4 is 4.18 Å². The minimum Gasteiger partial charge on any atom is -0.358 e. The smallest absolute Gasteiger partial charge is 0.358 e. The molecule has 0 heterocycles. The van der Waals surface area contributed by atoms with Crippen LogP contribution in [0.2, 0.25) is 0 Å². The summed E-state index contributed by atoms with van der Waals surface area (Å²) in [4.78, 5) is 0. The first kappa shape index (κ1) is 11.3. The predicted molar refractivity (Wildman–Crippen MR) is 62.3 cm³/mol. The highest BCUT2D eigenvalue weighted by Crippen LogP contribution is 2.24. The van der Waals surface area contributed by atoms with E-state index >= 15 is 0 Å². The van der Waals surface area contributed by atoms with Gasteiger partial charge in [0, 0.05) is 4.47 Å². The lowest BCUT2D eigenvalue weighted by atomic mass is 10.1. The van der Waals surface area contributed by atoms with E-state index in [1.54, 1.807) is 18.2 Å². The summed E-state index contributed by atoms with van der Waals surface area (Å²) in [5, 5.41) is 1.67. The zero-order chi connectivity index (χ0) is 11.8. The van der Waals surface area contributed by atoms with Crippen molar-refractivity contribution in [2.75, 3.05) is 0 Å². The highest BCUT2D eigenvalue weighted by atomic mass is 79.9. The minimum absolute atomic E-state index is 0.0441. The molecule has 6 heteroatoms. The van der Waals surface area contributed by atoms with Crippen LogP contribution in [0.1, 0.15) is 0 Å². The Hall–Kier alpha value is -1.14. The molecule has 0 atom stereocenters. The topological polar surface area (TPSA) is 43.4 Å². The second-order valence-electron chi connectivity index (χ2n) is 3.13. The zero-order valence-corrected chi connectivity index (χ0v) is 10.3. The Labute approximate surface area is 100 Å². The Balaban J connectivity index is 2.49. The molecule has 2 rings (SSSR count). The molecule has 0 aliphatic heterocycles. The number of hydrogen-bond donors (Lipinski definition) is 0. The van der Waals surface area contributed by atoms with Gasteiger partial charge in [-0.3, -0.25) is 0 Å². The van der Waals surface area contributed by atoms with Crippen LogP contribution in [-0.2, 0) is 10.5 Å². The Kier molecular flexibility index (Phi) is 2.86. The van der Waals surface area contributed by atoms with Gasteiger partial charge in [0.25, 0.3) is 0 Å². The van der Waals surface area contributed by atoms with Crippen molar-refractivity contribution in [2.45, 2.75) is 0 Å². The fraction of sp³-hybridized carbons (Fsp3) is 0. The Morgan fingerprint density at radius 1 is 1.06 bits per heavy atom. The van der Waals surface area contributed by atoms with Crippen LogP contribution in [0.15, 0.2) is 40.9 Å². The maximum atomic E-state index is 12.3. The Morgan fingerprint density at radius 3 is 2.38 bits per heavy atom. The molecule has 0 amide bonds. The van der Waals surface area contributed by atoms with Gasteiger partial charge in [0.15, 0.2) is 0 Å². The van der Waals surface area contributed by atoms with E-state index in [0.29, 0.717) is 0 Å². The van der Waals surface area contributed by atoms with Crippen molar-refractivity contribution in [3.63, 3.8) is 0 Å². The second kappa shape index (κ2) is 4.03. The summed E-state index contributed by atoms with van der Waals surface area (Å²) in [5.41, 5.74) is 0. The molecule has 0 bridgehead atoms. The van der Waals surface area contributed by atoms with Gasteiger partial charge < -0.3 is 4.18 Å². The van der Waals surface area contributed by atoms with Crippen molar-refractivity contribution in [1.29, 1.82) is 0 Å². The summed E-state index contributed by atoms with van der Waals surface area (Å²) in [5.74, 6) is -0.0441. The van der Waals surface area contributed by atoms with Crippen molar-refractivity contribution in [1.82, 2.24) is 0 Å². The average molecular weight is 305 g/mol. The SMILES string of the molecule is O=S(=O)(F)Oc1ccc2cc(Br)ccc2c1. The van der Waals surface area contributed by atoms with E-state index < -0.39 is 10.5 Å². The van der Waals surface area contributed by atoms with E-state index in [-0.39, 0.29) is 5.75 Å². The van der Waals surface area contributed by atoms with Gasteiger partial charge in [-0.1, -0.05) is 31.9 Å². The fourth-order valence-corrected chi connectivity index (χ4v) is 2.07. The van der Waals surface area contributed by atoms with Crippen molar-refractivity contribution in [3.8, 4) is 5.75 Å². The van der Waals surface area contributed by atoms with E-state index in [2.05, 4.69) is 20.1 Å². The molecule has 0 saturated carbocycles. The van der Waals surface area contributed by atoms with Crippen LogP contribution in [0.4, 0.5) is 3.89 Å². The molecule has 0 spiro atoms. The highest BCUT2D eigenvalue weighted by molar-refractivity contribution is 9.10. The van der Waals surface area contributed by atoms with Crippen LogP contribution >= 0.6 is 15.9 Å². The fourth-order valence-electron chi connectivity index (χ4n) is 1.36. The lowest BCUT2D eigenvalue weighted by Crippen LogP contribution is -2.00. The van der Waals surface area contributed by atoms with Crippen LogP contribution in [0.3, 0.4) is 0 Å². The van der Waals surface area contributed by atoms with Gasteiger partial charge in [0.05, 0.1) is 0 Å². The molecule has 0 fully saturated rings. The monoisotopic (exact) mass is 304 g/mol. The Morgan fingerprint density at radius 2 is 1.69 bits per heavy atom. The second-order valence-corrected chi connectivity index (χ2v) is 5.00. The van der Waals surface area contributed by atoms with Gasteiger partial charge in [0.1, 0.15) is 5.75 Å². The zero-order valence-electron chi connectivity index (χ0n) is 7.85. The standard InChI is InChI=1S/C10H6BrFO3S/c11-9-3-1-8-6-10(15-16(12,13)14)4-2-7(8)5-9/h1-6H. The van der Waals surface area contributed by atoms with E-state index in [1.165, 1.54) is 12.1 Å². The van der Waals surface area contributed by atoms with Crippen LogP contribution in [0.25, 0.3) is 10.8 Å². The average Bonchev–Trinajstić information content (AvgIpc) is 2.16. The number of fused-ring (bicyclic) bond motifs is 1.